The van der Waals surface area contributed by atoms with Crippen LogP contribution in [0.2, 0.25) is 0 Å². The van der Waals surface area contributed by atoms with E-state index in [1.54, 1.807) is 0 Å². The lowest BCUT2D eigenvalue weighted by Crippen LogP contribution is -2.61. The number of aliphatic carboxylic acids is 1. The summed E-state index contributed by atoms with van der Waals surface area (Å²) in [5.41, 5.74) is 8.70. The van der Waals surface area contributed by atoms with Crippen LogP contribution in [-0.4, -0.2) is 60.0 Å². The van der Waals surface area contributed by atoms with Gasteiger partial charge in [-0.05, 0) is 12.8 Å². The van der Waals surface area contributed by atoms with Gasteiger partial charge in [0.25, 0.3) is 0 Å². The van der Waals surface area contributed by atoms with Crippen molar-refractivity contribution in [3.63, 3.8) is 0 Å². The first-order valence-corrected chi connectivity index (χ1v) is 8.53. The van der Waals surface area contributed by atoms with Crippen LogP contribution in [0, 0.1) is 5.92 Å². The lowest BCUT2D eigenvalue weighted by Gasteiger charge is -2.28. The van der Waals surface area contributed by atoms with Crippen LogP contribution in [0.1, 0.15) is 19.3 Å². The Morgan fingerprint density at radius 2 is 1.84 bits per heavy atom. The number of halogens is 1. The number of carbonyl (C=O) groups is 3. The topological polar surface area (TPSA) is 204 Å². The second kappa shape index (κ2) is 8.39. The molecule has 25 heavy (non-hydrogen) atoms. The molecule has 0 aromatic heterocycles. The van der Waals surface area contributed by atoms with Gasteiger partial charge >= 0.3 is 12.1 Å². The van der Waals surface area contributed by atoms with Gasteiger partial charge in [-0.15, -0.1) is 12.4 Å². The van der Waals surface area contributed by atoms with E-state index < -0.39 is 56.1 Å². The lowest BCUT2D eigenvalue weighted by atomic mass is 9.95. The summed E-state index contributed by atoms with van der Waals surface area (Å²) in [6.45, 7) is 0. The van der Waals surface area contributed by atoms with Gasteiger partial charge < -0.3 is 21.9 Å². The van der Waals surface area contributed by atoms with E-state index in [4.69, 9.17) is 21.1 Å². The molecular weight excluding hydrogens is 382 g/mol. The Bertz CT molecular complexity index is 690. The molecule has 2 amide bonds. The van der Waals surface area contributed by atoms with E-state index in [1.807, 2.05) is 0 Å². The summed E-state index contributed by atoms with van der Waals surface area (Å²) in [7, 11) is -3.51. The van der Waals surface area contributed by atoms with Gasteiger partial charge in [0.15, 0.2) is 15.4 Å². The molecule has 0 spiro atoms. The van der Waals surface area contributed by atoms with Crippen LogP contribution in [0.15, 0.2) is 0 Å². The van der Waals surface area contributed by atoms with E-state index in [2.05, 4.69) is 5.32 Å². The van der Waals surface area contributed by atoms with Crippen molar-refractivity contribution in [1.29, 1.82) is 0 Å². The smallest absolute Gasteiger partial charge is 0.373 e. The van der Waals surface area contributed by atoms with Crippen molar-refractivity contribution < 1.29 is 37.5 Å². The van der Waals surface area contributed by atoms with Crippen molar-refractivity contribution in [3.8, 4) is 0 Å². The number of nitrogens with two attached hydrogens (primary N) is 2. The number of hydrogen-bond donors (Lipinski definition) is 4. The molecule has 1 saturated heterocycles. The predicted octanol–water partition coefficient (Wildman–Crippen LogP) is -2.83. The van der Waals surface area contributed by atoms with Gasteiger partial charge in [-0.3, -0.25) is 9.59 Å². The molecule has 13 heteroatoms. The molecule has 0 bridgehead atoms. The zero-order valence-corrected chi connectivity index (χ0v) is 14.5. The monoisotopic (exact) mass is 399 g/mol. The zero-order valence-electron chi connectivity index (χ0n) is 12.8. The van der Waals surface area contributed by atoms with E-state index in [9.17, 15) is 27.9 Å². The molecule has 2 fully saturated rings. The first kappa shape index (κ1) is 23.0. The Hall–Kier alpha value is -2.01. The van der Waals surface area contributed by atoms with Gasteiger partial charge in [0.05, 0.1) is 17.0 Å². The van der Waals surface area contributed by atoms with Gasteiger partial charge in [0, 0.05) is 12.3 Å². The third-order valence-corrected chi connectivity index (χ3v) is 6.32. The first-order chi connectivity index (χ1) is 11.0. The van der Waals surface area contributed by atoms with E-state index in [-0.39, 0.29) is 37.8 Å². The highest BCUT2D eigenvalue weighted by Crippen LogP contribution is 2.52. The van der Waals surface area contributed by atoms with E-state index in [1.165, 1.54) is 0 Å². The second-order valence-electron chi connectivity index (χ2n) is 5.65. The van der Waals surface area contributed by atoms with Crippen LogP contribution < -0.4 is 16.8 Å². The molecule has 4 atom stereocenters. The maximum Gasteiger partial charge on any atom is 0.373 e. The van der Waals surface area contributed by atoms with Crippen LogP contribution in [0.5, 0.6) is 0 Å². The minimum Gasteiger partial charge on any atom is -0.479 e. The molecule has 142 valence electrons. The minimum absolute atomic E-state index is 0. The Labute approximate surface area is 148 Å². The number of fused-ring (bicyclic) bond motifs is 1. The fourth-order valence-corrected chi connectivity index (χ4v) is 5.25. The molecule has 2 aliphatic rings. The number of primary amides is 1. The molecule has 1 saturated carbocycles. The maximum absolute atomic E-state index is 11.9. The molecule has 0 aromatic carbocycles. The Balaban J connectivity index is 0.00000134. The van der Waals surface area contributed by atoms with Crippen LogP contribution in [0.3, 0.4) is 0 Å². The van der Waals surface area contributed by atoms with Crippen LogP contribution in [0.4, 0.5) is 0 Å². The Kier molecular flexibility index (Phi) is 7.71. The molecule has 11 nitrogen and oxygen atoms in total. The summed E-state index contributed by atoms with van der Waals surface area (Å²) in [6.07, 6.45) is 0.335. The average Bonchev–Trinajstić information content (AvgIpc) is 3.22. The highest BCUT2D eigenvalue weighted by Gasteiger charge is 2.70. The Morgan fingerprint density at radius 3 is 2.16 bits per heavy atom. The fraction of sp³-hybridized carbons (Fsp3) is 0.667. The van der Waals surface area contributed by atoms with Crippen molar-refractivity contribution in [2.45, 2.75) is 36.1 Å². The normalized spacial score (nSPS) is 28.7. The van der Waals surface area contributed by atoms with Crippen molar-refractivity contribution >= 4 is 46.2 Å². The third kappa shape index (κ3) is 4.98. The van der Waals surface area contributed by atoms with Gasteiger partial charge in [-0.25, -0.2) is 13.2 Å². The molecule has 0 aromatic rings. The van der Waals surface area contributed by atoms with Crippen LogP contribution in [0.25, 0.3) is 0 Å². The molecule has 0 unspecified atom stereocenters. The summed E-state index contributed by atoms with van der Waals surface area (Å²) in [6, 6.07) is -1.12. The third-order valence-electron chi connectivity index (χ3n) is 4.02. The minimum atomic E-state index is -3.51. The molecule has 1 aliphatic heterocycles. The zero-order chi connectivity index (χ0) is 18.7. The van der Waals surface area contributed by atoms with Crippen molar-refractivity contribution in [1.82, 2.24) is 5.32 Å². The largest absolute Gasteiger partial charge is 0.479 e. The average molecular weight is 400 g/mol. The predicted molar refractivity (Wildman–Crippen MR) is 82.9 cm³/mol. The SMILES string of the molecule is Cl.NC(=O)CC[C@H](N)C(=O)N[C@@]1(C(=O)O)CS(=O)(=O)[C@H]2C[C@H]21.O=C=O. The fourth-order valence-electron chi connectivity index (χ4n) is 2.76. The highest BCUT2D eigenvalue weighted by molar-refractivity contribution is 7.92. The number of hydrogen-bond acceptors (Lipinski definition) is 8. The van der Waals surface area contributed by atoms with Gasteiger partial charge in [-0.2, -0.15) is 9.59 Å². The quantitative estimate of drug-likeness (QED) is 0.362. The van der Waals surface area contributed by atoms with Gasteiger partial charge in [0.1, 0.15) is 0 Å². The standard InChI is InChI=1S/C11H17N3O6S.CO2.ClH/c12-6(1-2-8(13)15)9(16)14-11(10(17)18)4-21(19,20)7-3-5(7)11;2-1-3;/h5-7H,1-4,12H2,(H2,13,15)(H,14,16)(H,17,18);;1H/t5-,6+,7+,11+;;/m1../s1. The highest BCUT2D eigenvalue weighted by atomic mass is 35.5. The number of carboxylic acid groups (broad SMARTS) is 1. The summed E-state index contributed by atoms with van der Waals surface area (Å²) in [5, 5.41) is 10.9. The first-order valence-electron chi connectivity index (χ1n) is 6.82. The summed E-state index contributed by atoms with van der Waals surface area (Å²) in [4.78, 5) is 50.3. The maximum atomic E-state index is 11.9. The van der Waals surface area contributed by atoms with Crippen LogP contribution in [-0.2, 0) is 33.8 Å². The molecule has 1 heterocycles. The molecule has 6 N–H and O–H groups in total. The van der Waals surface area contributed by atoms with E-state index in [0.717, 1.165) is 0 Å². The van der Waals surface area contributed by atoms with Gasteiger partial charge in [0.2, 0.25) is 11.8 Å². The number of sulfone groups is 1. The van der Waals surface area contributed by atoms with Crippen LogP contribution >= 0.6 is 12.4 Å². The number of amides is 2. The van der Waals surface area contributed by atoms with Gasteiger partial charge in [-0.1, -0.05) is 0 Å². The Morgan fingerprint density at radius 1 is 1.32 bits per heavy atom. The van der Waals surface area contributed by atoms with E-state index in [0.29, 0.717) is 0 Å². The summed E-state index contributed by atoms with van der Waals surface area (Å²) >= 11 is 0. The molecule has 1 aliphatic carbocycles. The number of carboxylic acids is 1. The van der Waals surface area contributed by atoms with E-state index >= 15 is 0 Å². The van der Waals surface area contributed by atoms with Crippen molar-refractivity contribution in [2.75, 3.05) is 5.75 Å². The molecular formula is C12H18ClN3O8S. The van der Waals surface area contributed by atoms with Crippen molar-refractivity contribution in [2.24, 2.45) is 17.4 Å². The summed E-state index contributed by atoms with van der Waals surface area (Å²) in [5.74, 6) is -4.05. The lowest BCUT2D eigenvalue weighted by molar-refractivity contribution is -0.191. The number of nitrogens with one attached hydrogen (secondary N) is 1. The molecule has 0 radical (unpaired) electrons. The molecule has 2 rings (SSSR count). The second-order valence-corrected chi connectivity index (χ2v) is 7.87. The number of rotatable bonds is 6. The summed E-state index contributed by atoms with van der Waals surface area (Å²) < 4.78 is 23.6. The van der Waals surface area contributed by atoms with Crippen molar-refractivity contribution in [3.05, 3.63) is 0 Å². The number of carbonyl (C=O) groups excluding carboxylic acids is 4.